The highest BCUT2D eigenvalue weighted by molar-refractivity contribution is 5.80. The number of carbonyl (C=O) groups is 2. The van der Waals surface area contributed by atoms with Crippen molar-refractivity contribution in [3.8, 4) is 0 Å². The van der Waals surface area contributed by atoms with E-state index < -0.39 is 11.4 Å². The van der Waals surface area contributed by atoms with Crippen LogP contribution in [-0.4, -0.2) is 21.9 Å². The van der Waals surface area contributed by atoms with Crippen LogP contribution in [-0.2, 0) is 22.7 Å². The molecule has 2 aromatic carbocycles. The van der Waals surface area contributed by atoms with Crippen molar-refractivity contribution in [2.75, 3.05) is 0 Å². The number of rotatable bonds is 6. The topological polar surface area (TPSA) is 57.6 Å². The van der Waals surface area contributed by atoms with Gasteiger partial charge in [-0.05, 0) is 43.7 Å². The van der Waals surface area contributed by atoms with Gasteiger partial charge in [-0.3, -0.25) is 9.59 Å². The Hall–Kier alpha value is -2.62. The quantitative estimate of drug-likeness (QED) is 0.820. The zero-order valence-electron chi connectivity index (χ0n) is 15.8. The van der Waals surface area contributed by atoms with Crippen LogP contribution < -0.4 is 0 Å². The third-order valence-electron chi connectivity index (χ3n) is 5.70. The number of carboxylic acids is 1. The molecule has 4 heteroatoms. The minimum absolute atomic E-state index is 0.0927. The van der Waals surface area contributed by atoms with Crippen molar-refractivity contribution < 1.29 is 14.7 Å². The second-order valence-electron chi connectivity index (χ2n) is 7.81. The van der Waals surface area contributed by atoms with E-state index in [9.17, 15) is 14.7 Å². The van der Waals surface area contributed by atoms with Crippen LogP contribution in [0.5, 0.6) is 0 Å². The molecule has 1 saturated carbocycles. The van der Waals surface area contributed by atoms with Crippen LogP contribution in [0.15, 0.2) is 60.7 Å². The fourth-order valence-corrected chi connectivity index (χ4v) is 3.79. The summed E-state index contributed by atoms with van der Waals surface area (Å²) in [5.74, 6) is -0.709. The standard InChI is InChI=1S/C23H27NO3/c1-23(22(26)27)14-12-20(13-15-23)21(25)24(16-18-8-4-2-5-9-18)17-19-10-6-3-7-11-19/h2-11,20H,12-17H2,1H3,(H,26,27). The van der Waals surface area contributed by atoms with Gasteiger partial charge in [0.05, 0.1) is 5.41 Å². The Labute approximate surface area is 160 Å². The Balaban J connectivity index is 1.73. The Kier molecular flexibility index (Phi) is 5.94. The van der Waals surface area contributed by atoms with Crippen LogP contribution in [0.2, 0.25) is 0 Å². The van der Waals surface area contributed by atoms with E-state index in [1.54, 1.807) is 6.92 Å². The van der Waals surface area contributed by atoms with Crippen molar-refractivity contribution >= 4 is 11.9 Å². The van der Waals surface area contributed by atoms with Gasteiger partial charge in [-0.15, -0.1) is 0 Å². The monoisotopic (exact) mass is 365 g/mol. The fourth-order valence-electron chi connectivity index (χ4n) is 3.79. The van der Waals surface area contributed by atoms with E-state index in [0.717, 1.165) is 11.1 Å². The molecule has 142 valence electrons. The van der Waals surface area contributed by atoms with E-state index in [1.165, 1.54) is 0 Å². The van der Waals surface area contributed by atoms with Gasteiger partial charge in [0.15, 0.2) is 0 Å². The largest absolute Gasteiger partial charge is 0.481 e. The second kappa shape index (κ2) is 8.38. The maximum atomic E-state index is 13.3. The molecule has 3 rings (SSSR count). The molecule has 0 unspecified atom stereocenters. The fraction of sp³-hybridized carbons (Fsp3) is 0.391. The highest BCUT2D eigenvalue weighted by Crippen LogP contribution is 2.39. The molecule has 1 N–H and O–H groups in total. The first-order chi connectivity index (χ1) is 13.0. The van der Waals surface area contributed by atoms with Gasteiger partial charge in [-0.2, -0.15) is 0 Å². The molecule has 1 aliphatic carbocycles. The molecule has 2 aromatic rings. The van der Waals surface area contributed by atoms with Crippen molar-refractivity contribution in [3.05, 3.63) is 71.8 Å². The summed E-state index contributed by atoms with van der Waals surface area (Å²) in [4.78, 5) is 26.7. The van der Waals surface area contributed by atoms with Gasteiger partial charge in [0.1, 0.15) is 0 Å². The minimum atomic E-state index is -0.751. The molecule has 0 aromatic heterocycles. The van der Waals surface area contributed by atoms with Crippen LogP contribution >= 0.6 is 0 Å². The minimum Gasteiger partial charge on any atom is -0.481 e. The maximum absolute atomic E-state index is 13.3. The number of amides is 1. The van der Waals surface area contributed by atoms with Gasteiger partial charge in [-0.25, -0.2) is 0 Å². The molecule has 0 aliphatic heterocycles. The van der Waals surface area contributed by atoms with Crippen LogP contribution in [0.1, 0.15) is 43.7 Å². The lowest BCUT2D eigenvalue weighted by atomic mass is 9.71. The Bertz CT molecular complexity index is 723. The molecule has 1 amide bonds. The lowest BCUT2D eigenvalue weighted by Crippen LogP contribution is -2.40. The van der Waals surface area contributed by atoms with E-state index in [4.69, 9.17) is 0 Å². The molecule has 0 saturated heterocycles. The summed E-state index contributed by atoms with van der Waals surface area (Å²) < 4.78 is 0. The molecule has 0 bridgehead atoms. The second-order valence-corrected chi connectivity index (χ2v) is 7.81. The predicted octanol–water partition coefficient (Wildman–Crippen LogP) is 4.50. The Morgan fingerprint density at radius 3 is 1.78 bits per heavy atom. The summed E-state index contributed by atoms with van der Waals surface area (Å²) >= 11 is 0. The number of nitrogens with zero attached hydrogens (tertiary/aromatic N) is 1. The lowest BCUT2D eigenvalue weighted by Gasteiger charge is -2.35. The Morgan fingerprint density at radius 2 is 1.37 bits per heavy atom. The molecular formula is C23H27NO3. The number of aliphatic carboxylic acids is 1. The van der Waals surface area contributed by atoms with Gasteiger partial charge in [0.25, 0.3) is 0 Å². The zero-order chi connectivity index (χ0) is 19.3. The van der Waals surface area contributed by atoms with E-state index in [0.29, 0.717) is 38.8 Å². The number of carboxylic acid groups (broad SMARTS) is 1. The van der Waals surface area contributed by atoms with Gasteiger partial charge < -0.3 is 10.0 Å². The number of carbonyl (C=O) groups excluding carboxylic acids is 1. The summed E-state index contributed by atoms with van der Waals surface area (Å²) in [6.45, 7) is 2.93. The first-order valence-corrected chi connectivity index (χ1v) is 9.58. The molecule has 0 heterocycles. The summed E-state index contributed by atoms with van der Waals surface area (Å²) in [6, 6.07) is 20.0. The van der Waals surface area contributed by atoms with E-state index in [1.807, 2.05) is 65.6 Å². The van der Waals surface area contributed by atoms with Crippen molar-refractivity contribution in [1.29, 1.82) is 0 Å². The highest BCUT2D eigenvalue weighted by Gasteiger charge is 2.40. The molecule has 1 fully saturated rings. The summed E-state index contributed by atoms with van der Waals surface area (Å²) in [7, 11) is 0. The van der Waals surface area contributed by atoms with Crippen LogP contribution in [0.4, 0.5) is 0 Å². The normalized spacial score (nSPS) is 22.2. The smallest absolute Gasteiger partial charge is 0.309 e. The molecule has 0 spiro atoms. The summed E-state index contributed by atoms with van der Waals surface area (Å²) in [5, 5.41) is 9.43. The van der Waals surface area contributed by atoms with Crippen molar-refractivity contribution in [2.24, 2.45) is 11.3 Å². The van der Waals surface area contributed by atoms with Crippen molar-refractivity contribution in [2.45, 2.75) is 45.7 Å². The third kappa shape index (κ3) is 4.76. The van der Waals surface area contributed by atoms with Crippen LogP contribution in [0, 0.1) is 11.3 Å². The van der Waals surface area contributed by atoms with Gasteiger partial charge in [0, 0.05) is 19.0 Å². The zero-order valence-corrected chi connectivity index (χ0v) is 15.8. The van der Waals surface area contributed by atoms with Crippen LogP contribution in [0.25, 0.3) is 0 Å². The van der Waals surface area contributed by atoms with Gasteiger partial charge in [0.2, 0.25) is 5.91 Å². The van der Waals surface area contributed by atoms with Gasteiger partial charge >= 0.3 is 5.97 Å². The SMILES string of the molecule is CC1(C(=O)O)CCC(C(=O)N(Cc2ccccc2)Cc2ccccc2)CC1. The van der Waals surface area contributed by atoms with E-state index in [-0.39, 0.29) is 11.8 Å². The summed E-state index contributed by atoms with van der Waals surface area (Å²) in [6.07, 6.45) is 2.40. The molecule has 27 heavy (non-hydrogen) atoms. The summed E-state index contributed by atoms with van der Waals surface area (Å²) in [5.41, 5.74) is 1.52. The van der Waals surface area contributed by atoms with Crippen LogP contribution in [0.3, 0.4) is 0 Å². The van der Waals surface area contributed by atoms with E-state index in [2.05, 4.69) is 0 Å². The first-order valence-electron chi connectivity index (χ1n) is 9.58. The number of benzene rings is 2. The third-order valence-corrected chi connectivity index (χ3v) is 5.70. The van der Waals surface area contributed by atoms with Crippen molar-refractivity contribution in [1.82, 2.24) is 4.90 Å². The average molecular weight is 365 g/mol. The highest BCUT2D eigenvalue weighted by atomic mass is 16.4. The van der Waals surface area contributed by atoms with E-state index >= 15 is 0 Å². The lowest BCUT2D eigenvalue weighted by molar-refractivity contribution is -0.152. The molecule has 0 atom stereocenters. The van der Waals surface area contributed by atoms with Gasteiger partial charge in [-0.1, -0.05) is 60.7 Å². The number of hydrogen-bond donors (Lipinski definition) is 1. The molecule has 1 aliphatic rings. The average Bonchev–Trinajstić information content (AvgIpc) is 2.69. The Morgan fingerprint density at radius 1 is 0.926 bits per heavy atom. The molecular weight excluding hydrogens is 338 g/mol. The first kappa shape index (κ1) is 19.2. The predicted molar refractivity (Wildman–Crippen MR) is 105 cm³/mol. The molecule has 4 nitrogen and oxygen atoms in total. The van der Waals surface area contributed by atoms with Crippen molar-refractivity contribution in [3.63, 3.8) is 0 Å². The maximum Gasteiger partial charge on any atom is 0.309 e. The molecule has 0 radical (unpaired) electrons. The number of hydrogen-bond acceptors (Lipinski definition) is 2.